The minimum absolute atomic E-state index is 0.145. The van der Waals surface area contributed by atoms with Gasteiger partial charge in [0.15, 0.2) is 5.65 Å². The van der Waals surface area contributed by atoms with Crippen molar-refractivity contribution in [3.63, 3.8) is 0 Å². The van der Waals surface area contributed by atoms with Crippen molar-refractivity contribution in [3.8, 4) is 11.3 Å². The molecule has 116 valence electrons. The lowest BCUT2D eigenvalue weighted by Gasteiger charge is -2.04. The molecule has 0 saturated heterocycles. The van der Waals surface area contributed by atoms with Crippen LogP contribution in [0.25, 0.3) is 33.2 Å². The summed E-state index contributed by atoms with van der Waals surface area (Å²) in [6.07, 6.45) is 3.78. The van der Waals surface area contributed by atoms with Crippen LogP contribution in [0.3, 0.4) is 0 Å². The summed E-state index contributed by atoms with van der Waals surface area (Å²) in [5.41, 5.74) is 2.88. The first-order valence-corrected chi connectivity index (χ1v) is 10.4. The van der Waals surface area contributed by atoms with Crippen LogP contribution in [0.2, 0.25) is 5.28 Å². The van der Waals surface area contributed by atoms with Gasteiger partial charge >= 0.3 is 0 Å². The van der Waals surface area contributed by atoms with Gasteiger partial charge in [-0.15, -0.1) is 0 Å². The van der Waals surface area contributed by atoms with Gasteiger partial charge in [-0.1, -0.05) is 6.07 Å². The lowest BCUT2D eigenvalue weighted by molar-refractivity contribution is 0.640. The molecule has 4 aromatic rings. The normalized spacial score (nSPS) is 11.7. The molecule has 3 heterocycles. The maximum Gasteiger partial charge on any atom is 0.224 e. The van der Waals surface area contributed by atoms with Gasteiger partial charge in [0.1, 0.15) is 5.82 Å². The quantitative estimate of drug-likeness (QED) is 0.305. The predicted molar refractivity (Wildman–Crippen MR) is 101 cm³/mol. The molecule has 23 heavy (non-hydrogen) atoms. The van der Waals surface area contributed by atoms with Crippen molar-refractivity contribution in [1.82, 2.24) is 18.5 Å². The molecule has 0 atom stereocenters. The molecule has 0 aliphatic carbocycles. The molecule has 3 aromatic heterocycles. The van der Waals surface area contributed by atoms with Gasteiger partial charge in [0.2, 0.25) is 5.28 Å². The second-order valence-corrected chi connectivity index (χ2v) is 7.13. The lowest BCUT2D eigenvalue weighted by atomic mass is 10.1. The van der Waals surface area contributed by atoms with Crippen LogP contribution in [0.5, 0.6) is 0 Å². The summed E-state index contributed by atoms with van der Waals surface area (Å²) in [5, 5.41) is 1.53. The van der Waals surface area contributed by atoms with Crippen LogP contribution in [0, 0.1) is 5.82 Å². The van der Waals surface area contributed by atoms with Crippen molar-refractivity contribution >= 4 is 63.9 Å². The van der Waals surface area contributed by atoms with E-state index in [1.165, 1.54) is 15.2 Å². The molecule has 1 aromatic carbocycles. The van der Waals surface area contributed by atoms with Crippen molar-refractivity contribution in [1.29, 1.82) is 0 Å². The minimum Gasteiger partial charge on any atom is -0.350 e. The van der Waals surface area contributed by atoms with E-state index in [1.807, 2.05) is 40.1 Å². The van der Waals surface area contributed by atoms with Crippen LogP contribution in [0.4, 0.5) is 4.39 Å². The Morgan fingerprint density at radius 1 is 1.26 bits per heavy atom. The van der Waals surface area contributed by atoms with Gasteiger partial charge in [-0.25, -0.2) is 9.37 Å². The molecule has 0 spiro atoms. The van der Waals surface area contributed by atoms with Crippen molar-refractivity contribution < 1.29 is 4.39 Å². The fourth-order valence-corrected chi connectivity index (χ4v) is 4.24. The first-order valence-electron chi connectivity index (χ1n) is 6.67. The maximum atomic E-state index is 14.4. The Labute approximate surface area is 152 Å². The van der Waals surface area contributed by atoms with Crippen molar-refractivity contribution in [2.24, 2.45) is 7.05 Å². The van der Waals surface area contributed by atoms with E-state index in [2.05, 4.69) is 31.2 Å². The standard InChI is InChI=1S/C15H9ClFIN4S/c1-21-7-9(12-10(17)3-2-4-11(12)21)13-8-5-6-22(23-18)14(8)20-15(16)19-13/h2-7H,1H3. The van der Waals surface area contributed by atoms with Crippen LogP contribution >= 0.6 is 41.9 Å². The molecule has 0 aliphatic heterocycles. The predicted octanol–water partition coefficient (Wildman–Crippen LogP) is 5.23. The topological polar surface area (TPSA) is 35.6 Å². The zero-order valence-corrected chi connectivity index (χ0v) is 15.5. The summed E-state index contributed by atoms with van der Waals surface area (Å²) < 4.78 is 18.2. The molecule has 0 fully saturated rings. The fraction of sp³-hybridized carbons (Fsp3) is 0.0667. The molecule has 0 radical (unpaired) electrons. The first-order chi connectivity index (χ1) is 11.1. The van der Waals surface area contributed by atoms with Gasteiger partial charge in [-0.2, -0.15) is 4.98 Å². The first kappa shape index (κ1) is 15.2. The van der Waals surface area contributed by atoms with Gasteiger partial charge in [-0.05, 0) is 29.8 Å². The smallest absolute Gasteiger partial charge is 0.224 e. The number of rotatable bonds is 2. The van der Waals surface area contributed by atoms with E-state index in [0.717, 1.165) is 10.9 Å². The van der Waals surface area contributed by atoms with Gasteiger partial charge < -0.3 is 4.57 Å². The molecule has 0 saturated carbocycles. The van der Waals surface area contributed by atoms with Crippen LogP contribution in [0.1, 0.15) is 0 Å². The molecule has 0 amide bonds. The average molecular weight is 459 g/mol. The molecular weight excluding hydrogens is 450 g/mol. The summed E-state index contributed by atoms with van der Waals surface area (Å²) >= 11 is 8.28. The third kappa shape index (κ3) is 2.33. The highest BCUT2D eigenvalue weighted by atomic mass is 127. The molecular formula is C15H9ClFIN4S. The number of aryl methyl sites for hydroxylation is 1. The van der Waals surface area contributed by atoms with E-state index in [4.69, 9.17) is 11.6 Å². The Hall–Kier alpha value is -1.32. The number of aromatic nitrogens is 4. The zero-order chi connectivity index (χ0) is 16.1. The zero-order valence-electron chi connectivity index (χ0n) is 11.8. The van der Waals surface area contributed by atoms with Crippen LogP contribution in [-0.4, -0.2) is 18.5 Å². The highest BCUT2D eigenvalue weighted by Crippen LogP contribution is 2.36. The minimum atomic E-state index is -0.274. The number of fused-ring (bicyclic) bond motifs is 2. The number of benzene rings is 1. The largest absolute Gasteiger partial charge is 0.350 e. The highest BCUT2D eigenvalue weighted by molar-refractivity contribution is 14.2. The second kappa shape index (κ2) is 5.64. The van der Waals surface area contributed by atoms with Crippen LogP contribution in [-0.2, 0) is 7.05 Å². The number of halogens is 3. The number of hydrogen-bond donors (Lipinski definition) is 0. The number of nitrogens with zero attached hydrogens (tertiary/aromatic N) is 4. The lowest BCUT2D eigenvalue weighted by Crippen LogP contribution is -1.92. The van der Waals surface area contributed by atoms with E-state index >= 15 is 0 Å². The Balaban J connectivity index is 2.13. The summed E-state index contributed by atoms with van der Waals surface area (Å²) in [5.74, 6) is -0.274. The fourth-order valence-electron chi connectivity index (χ4n) is 2.81. The van der Waals surface area contributed by atoms with E-state index < -0.39 is 0 Å². The molecule has 0 unspecified atom stereocenters. The van der Waals surface area contributed by atoms with Gasteiger partial charge in [-0.3, -0.25) is 3.97 Å². The third-order valence-corrected chi connectivity index (χ3v) is 5.66. The Kier molecular flexibility index (Phi) is 3.73. The summed E-state index contributed by atoms with van der Waals surface area (Å²) in [4.78, 5) is 8.67. The van der Waals surface area contributed by atoms with Gasteiger partial charge in [0, 0.05) is 66.1 Å². The van der Waals surface area contributed by atoms with Crippen LogP contribution in [0.15, 0.2) is 36.7 Å². The van der Waals surface area contributed by atoms with Crippen molar-refractivity contribution in [2.45, 2.75) is 0 Å². The molecule has 0 N–H and O–H groups in total. The highest BCUT2D eigenvalue weighted by Gasteiger charge is 2.18. The van der Waals surface area contributed by atoms with Crippen LogP contribution < -0.4 is 0 Å². The summed E-state index contributed by atoms with van der Waals surface area (Å²) in [6, 6.07) is 6.96. The molecule has 0 aliphatic rings. The average Bonchev–Trinajstić information content (AvgIpc) is 3.09. The van der Waals surface area contributed by atoms with Crippen molar-refractivity contribution in [2.75, 3.05) is 0 Å². The van der Waals surface area contributed by atoms with Gasteiger partial charge in [0.05, 0.1) is 11.2 Å². The van der Waals surface area contributed by atoms with E-state index in [-0.39, 0.29) is 11.1 Å². The molecule has 0 bridgehead atoms. The maximum absolute atomic E-state index is 14.4. The Morgan fingerprint density at radius 2 is 2.09 bits per heavy atom. The van der Waals surface area contributed by atoms with Gasteiger partial charge in [0.25, 0.3) is 0 Å². The Bertz CT molecular complexity index is 1060. The van der Waals surface area contributed by atoms with E-state index in [9.17, 15) is 4.39 Å². The van der Waals surface area contributed by atoms with Crippen molar-refractivity contribution in [3.05, 3.63) is 47.8 Å². The SMILES string of the molecule is Cn1cc(-c2nc(Cl)nc3c2ccn3SI)c2c(F)cccc21. The molecule has 8 heteroatoms. The number of hydrogen-bond acceptors (Lipinski definition) is 3. The molecule has 4 rings (SSSR count). The van der Waals surface area contributed by atoms with E-state index in [0.29, 0.717) is 22.3 Å². The monoisotopic (exact) mass is 458 g/mol. The third-order valence-electron chi connectivity index (χ3n) is 3.78. The summed E-state index contributed by atoms with van der Waals surface area (Å²) in [6.45, 7) is 0. The molecule has 4 nitrogen and oxygen atoms in total. The van der Waals surface area contributed by atoms with E-state index in [1.54, 1.807) is 6.07 Å². The second-order valence-electron chi connectivity index (χ2n) is 5.08. The Morgan fingerprint density at radius 3 is 2.87 bits per heavy atom. The summed E-state index contributed by atoms with van der Waals surface area (Å²) in [7, 11) is 3.37.